The number of imide groups is 1. The van der Waals surface area contributed by atoms with E-state index in [1.807, 2.05) is 45.0 Å². The number of rotatable bonds is 5. The van der Waals surface area contributed by atoms with Crippen molar-refractivity contribution in [3.05, 3.63) is 63.6 Å². The number of amides is 3. The molecule has 7 heteroatoms. The minimum absolute atomic E-state index is 0.259. The highest BCUT2D eigenvalue weighted by atomic mass is 32.2. The van der Waals surface area contributed by atoms with E-state index in [1.54, 1.807) is 18.2 Å². The van der Waals surface area contributed by atoms with Crippen molar-refractivity contribution in [1.82, 2.24) is 4.90 Å². The van der Waals surface area contributed by atoms with Gasteiger partial charge in [0.05, 0.1) is 12.0 Å². The predicted octanol–water partition coefficient (Wildman–Crippen LogP) is 4.30. The van der Waals surface area contributed by atoms with E-state index in [0.717, 1.165) is 33.4 Å². The number of nitrogens with zero attached hydrogens (tertiary/aromatic N) is 1. The molecule has 3 rings (SSSR count). The molecule has 2 aromatic rings. The van der Waals surface area contributed by atoms with Gasteiger partial charge in [0.25, 0.3) is 11.1 Å². The topological polar surface area (TPSA) is 75.7 Å². The van der Waals surface area contributed by atoms with Gasteiger partial charge in [0, 0.05) is 11.3 Å². The van der Waals surface area contributed by atoms with Gasteiger partial charge in [-0.3, -0.25) is 19.3 Å². The molecule has 0 spiro atoms. The van der Waals surface area contributed by atoms with Gasteiger partial charge in [-0.15, -0.1) is 0 Å². The molecule has 6 nitrogen and oxygen atoms in total. The van der Waals surface area contributed by atoms with E-state index in [4.69, 9.17) is 4.74 Å². The van der Waals surface area contributed by atoms with Crippen LogP contribution >= 0.6 is 11.8 Å². The molecule has 29 heavy (non-hydrogen) atoms. The molecule has 0 unspecified atom stereocenters. The Balaban J connectivity index is 1.75. The lowest BCUT2D eigenvalue weighted by Gasteiger charge is -2.16. The number of anilines is 1. The fraction of sp³-hybridized carbons (Fsp3) is 0.227. The van der Waals surface area contributed by atoms with Crippen molar-refractivity contribution >= 4 is 40.6 Å². The summed E-state index contributed by atoms with van der Waals surface area (Å²) in [4.78, 5) is 38.7. The third-order valence-electron chi connectivity index (χ3n) is 4.54. The Morgan fingerprint density at radius 3 is 2.45 bits per heavy atom. The zero-order valence-corrected chi connectivity index (χ0v) is 17.6. The number of aryl methyl sites for hydroxylation is 3. The number of nitrogens with one attached hydrogen (secondary N) is 1. The SMILES string of the molecule is COc1ccccc1/C=C1\SC(=O)N(CC(=O)Nc2c(C)cc(C)cc2C)C1=O. The van der Waals surface area contributed by atoms with Crippen molar-refractivity contribution < 1.29 is 19.1 Å². The van der Waals surface area contributed by atoms with Gasteiger partial charge < -0.3 is 10.1 Å². The second-order valence-electron chi connectivity index (χ2n) is 6.83. The summed E-state index contributed by atoms with van der Waals surface area (Å²) < 4.78 is 5.28. The predicted molar refractivity (Wildman–Crippen MR) is 115 cm³/mol. The summed E-state index contributed by atoms with van der Waals surface area (Å²) in [5.41, 5.74) is 4.36. The van der Waals surface area contributed by atoms with Crippen LogP contribution in [-0.2, 0) is 9.59 Å². The molecule has 150 valence electrons. The maximum atomic E-state index is 12.7. The van der Waals surface area contributed by atoms with E-state index in [1.165, 1.54) is 7.11 Å². The fourth-order valence-electron chi connectivity index (χ4n) is 3.26. The number of benzene rings is 2. The highest BCUT2D eigenvalue weighted by Crippen LogP contribution is 2.34. The van der Waals surface area contributed by atoms with E-state index >= 15 is 0 Å². The number of carbonyl (C=O) groups is 3. The monoisotopic (exact) mass is 410 g/mol. The van der Waals surface area contributed by atoms with Crippen LogP contribution in [0.25, 0.3) is 6.08 Å². The molecule has 3 amide bonds. The highest BCUT2D eigenvalue weighted by molar-refractivity contribution is 8.18. The molecule has 1 aliphatic heterocycles. The summed E-state index contributed by atoms with van der Waals surface area (Å²) in [6, 6.07) is 11.1. The van der Waals surface area contributed by atoms with Crippen molar-refractivity contribution in [2.75, 3.05) is 19.0 Å². The summed E-state index contributed by atoms with van der Waals surface area (Å²) in [6.45, 7) is 5.47. The first-order valence-corrected chi connectivity index (χ1v) is 9.88. The number of thioether (sulfide) groups is 1. The number of ether oxygens (including phenoxy) is 1. The number of hydrogen-bond acceptors (Lipinski definition) is 5. The maximum Gasteiger partial charge on any atom is 0.294 e. The average Bonchev–Trinajstić information content (AvgIpc) is 2.92. The minimum Gasteiger partial charge on any atom is -0.496 e. The number of para-hydroxylation sites is 1. The van der Waals surface area contributed by atoms with Crippen LogP contribution in [0.15, 0.2) is 41.3 Å². The Kier molecular flexibility index (Phi) is 6.08. The molecule has 0 aromatic heterocycles. The van der Waals surface area contributed by atoms with Crippen LogP contribution in [0.2, 0.25) is 0 Å². The molecule has 0 bridgehead atoms. The normalized spacial score (nSPS) is 15.2. The fourth-order valence-corrected chi connectivity index (χ4v) is 4.09. The van der Waals surface area contributed by atoms with Gasteiger partial charge in [-0.2, -0.15) is 0 Å². The maximum absolute atomic E-state index is 12.7. The Morgan fingerprint density at radius 1 is 1.14 bits per heavy atom. The van der Waals surface area contributed by atoms with Crippen molar-refractivity contribution in [2.45, 2.75) is 20.8 Å². The van der Waals surface area contributed by atoms with Gasteiger partial charge in [0.15, 0.2) is 0 Å². The first-order valence-electron chi connectivity index (χ1n) is 9.06. The Labute approximate surface area is 173 Å². The van der Waals surface area contributed by atoms with Crippen LogP contribution in [0.1, 0.15) is 22.3 Å². The number of hydrogen-bond donors (Lipinski definition) is 1. The molecule has 1 heterocycles. The third kappa shape index (κ3) is 4.51. The molecule has 1 N–H and O–H groups in total. The average molecular weight is 410 g/mol. The van der Waals surface area contributed by atoms with Gasteiger partial charge >= 0.3 is 0 Å². The Bertz CT molecular complexity index is 1010. The first kappa shape index (κ1) is 20.7. The van der Waals surface area contributed by atoms with Gasteiger partial charge in [0.1, 0.15) is 12.3 Å². The second-order valence-corrected chi connectivity index (χ2v) is 7.82. The lowest BCUT2D eigenvalue weighted by molar-refractivity contribution is -0.127. The molecule has 1 saturated heterocycles. The van der Waals surface area contributed by atoms with Crippen molar-refractivity contribution in [3.63, 3.8) is 0 Å². The summed E-state index contributed by atoms with van der Waals surface area (Å²) >= 11 is 0.815. The number of carbonyl (C=O) groups excluding carboxylic acids is 3. The summed E-state index contributed by atoms with van der Waals surface area (Å²) in [6.07, 6.45) is 1.61. The highest BCUT2D eigenvalue weighted by Gasteiger charge is 2.36. The largest absolute Gasteiger partial charge is 0.496 e. The van der Waals surface area contributed by atoms with Crippen LogP contribution in [-0.4, -0.2) is 35.6 Å². The Hall–Kier alpha value is -3.06. The van der Waals surface area contributed by atoms with E-state index in [9.17, 15) is 14.4 Å². The molecule has 2 aromatic carbocycles. The van der Waals surface area contributed by atoms with Gasteiger partial charge in [-0.25, -0.2) is 0 Å². The van der Waals surface area contributed by atoms with Crippen molar-refractivity contribution in [2.24, 2.45) is 0 Å². The van der Waals surface area contributed by atoms with E-state index in [-0.39, 0.29) is 11.4 Å². The number of methoxy groups -OCH3 is 1. The van der Waals surface area contributed by atoms with Crippen LogP contribution in [0.3, 0.4) is 0 Å². The van der Waals surface area contributed by atoms with Gasteiger partial charge in [0.2, 0.25) is 5.91 Å². The van der Waals surface area contributed by atoms with E-state index in [2.05, 4.69) is 5.32 Å². The minimum atomic E-state index is -0.488. The summed E-state index contributed by atoms with van der Waals surface area (Å²) in [7, 11) is 1.54. The van der Waals surface area contributed by atoms with E-state index in [0.29, 0.717) is 17.0 Å². The Morgan fingerprint density at radius 2 is 1.79 bits per heavy atom. The standard InChI is InChI=1S/C22H22N2O4S/c1-13-9-14(2)20(15(3)10-13)23-19(25)12-24-21(26)18(29-22(24)27)11-16-7-5-6-8-17(16)28-4/h5-11H,12H2,1-4H3,(H,23,25)/b18-11-. The van der Waals surface area contributed by atoms with Crippen LogP contribution in [0, 0.1) is 20.8 Å². The zero-order chi connectivity index (χ0) is 21.1. The lowest BCUT2D eigenvalue weighted by atomic mass is 10.1. The smallest absolute Gasteiger partial charge is 0.294 e. The molecule has 1 aliphatic rings. The van der Waals surface area contributed by atoms with Crippen LogP contribution < -0.4 is 10.1 Å². The second kappa shape index (κ2) is 8.53. The molecular weight excluding hydrogens is 388 g/mol. The quantitative estimate of drug-likeness (QED) is 0.744. The zero-order valence-electron chi connectivity index (χ0n) is 16.7. The lowest BCUT2D eigenvalue weighted by Crippen LogP contribution is -2.36. The molecule has 0 saturated carbocycles. The molecular formula is C22H22N2O4S. The van der Waals surface area contributed by atoms with Crippen LogP contribution in [0.5, 0.6) is 5.75 Å². The molecule has 1 fully saturated rings. The van der Waals surface area contributed by atoms with Crippen molar-refractivity contribution in [1.29, 1.82) is 0 Å². The summed E-state index contributed by atoms with van der Waals surface area (Å²) in [5.74, 6) is -0.304. The molecule has 0 aliphatic carbocycles. The van der Waals surface area contributed by atoms with Gasteiger partial charge in [-0.05, 0) is 55.8 Å². The molecule has 0 atom stereocenters. The van der Waals surface area contributed by atoms with Crippen LogP contribution in [0.4, 0.5) is 10.5 Å². The third-order valence-corrected chi connectivity index (χ3v) is 5.45. The van der Waals surface area contributed by atoms with E-state index < -0.39 is 17.1 Å². The first-order chi connectivity index (χ1) is 13.8. The van der Waals surface area contributed by atoms with Crippen molar-refractivity contribution in [3.8, 4) is 5.75 Å². The summed E-state index contributed by atoms with van der Waals surface area (Å²) in [5, 5.41) is 2.35. The van der Waals surface area contributed by atoms with Gasteiger partial charge in [-0.1, -0.05) is 35.9 Å². The molecule has 0 radical (unpaired) electrons.